The van der Waals surface area contributed by atoms with Gasteiger partial charge in [-0.1, -0.05) is 35.5 Å². The summed E-state index contributed by atoms with van der Waals surface area (Å²) in [6, 6.07) is 11.4. The van der Waals surface area contributed by atoms with Crippen molar-refractivity contribution >= 4 is 16.1 Å². The Hall–Kier alpha value is -1.96. The van der Waals surface area contributed by atoms with Gasteiger partial charge in [0, 0.05) is 37.7 Å². The summed E-state index contributed by atoms with van der Waals surface area (Å²) >= 11 is 0. The Morgan fingerprint density at radius 1 is 1.16 bits per heavy atom. The Balaban J connectivity index is 1.60. The first-order valence-electron chi connectivity index (χ1n) is 8.41. The molecular weight excluding hydrogens is 338 g/mol. The Kier molecular flexibility index (Phi) is 5.67. The van der Waals surface area contributed by atoms with Crippen molar-refractivity contribution in [3.05, 3.63) is 58.8 Å². The van der Waals surface area contributed by atoms with Crippen LogP contribution in [0.2, 0.25) is 0 Å². The van der Waals surface area contributed by atoms with Crippen LogP contribution in [0, 0.1) is 6.92 Å². The van der Waals surface area contributed by atoms with Crippen LogP contribution in [0.5, 0.6) is 0 Å². The Bertz CT molecular complexity index is 815. The van der Waals surface area contributed by atoms with E-state index in [0.29, 0.717) is 26.2 Å². The van der Waals surface area contributed by atoms with E-state index in [1.807, 2.05) is 43.3 Å². The van der Waals surface area contributed by atoms with Gasteiger partial charge in [0.2, 0.25) is 10.0 Å². The number of aromatic nitrogens is 1. The van der Waals surface area contributed by atoms with E-state index in [1.165, 1.54) is 5.41 Å². The summed E-state index contributed by atoms with van der Waals surface area (Å²) in [7, 11) is -3.41. The van der Waals surface area contributed by atoms with Crippen LogP contribution in [-0.2, 0) is 16.6 Å². The minimum Gasteiger partial charge on any atom is -0.361 e. The third kappa shape index (κ3) is 5.01. The van der Waals surface area contributed by atoms with Crippen LogP contribution < -0.4 is 0 Å². The summed E-state index contributed by atoms with van der Waals surface area (Å²) < 4.78 is 31.8. The van der Waals surface area contributed by atoms with E-state index in [2.05, 4.69) is 10.1 Å². The average molecular weight is 361 g/mol. The van der Waals surface area contributed by atoms with Crippen molar-refractivity contribution in [2.24, 2.45) is 0 Å². The molecule has 1 aliphatic rings. The highest BCUT2D eigenvalue weighted by atomic mass is 32.2. The quantitative estimate of drug-likeness (QED) is 0.818. The molecule has 7 heteroatoms. The van der Waals surface area contributed by atoms with Gasteiger partial charge in [-0.2, -0.15) is 4.31 Å². The van der Waals surface area contributed by atoms with Gasteiger partial charge in [0.25, 0.3) is 0 Å². The Morgan fingerprint density at radius 2 is 1.96 bits per heavy atom. The molecule has 0 N–H and O–H groups in total. The predicted molar refractivity (Wildman–Crippen MR) is 97.1 cm³/mol. The van der Waals surface area contributed by atoms with Gasteiger partial charge in [-0.05, 0) is 31.5 Å². The summed E-state index contributed by atoms with van der Waals surface area (Å²) in [6.07, 6.45) is 2.45. The average Bonchev–Trinajstić information content (AvgIpc) is 2.86. The summed E-state index contributed by atoms with van der Waals surface area (Å²) in [5.41, 5.74) is 1.77. The highest BCUT2D eigenvalue weighted by Gasteiger charge is 2.23. The molecule has 6 nitrogen and oxygen atoms in total. The van der Waals surface area contributed by atoms with Crippen LogP contribution >= 0.6 is 0 Å². The van der Waals surface area contributed by atoms with Gasteiger partial charge in [0.1, 0.15) is 5.76 Å². The third-order valence-corrected chi connectivity index (χ3v) is 5.77. The van der Waals surface area contributed by atoms with Crippen molar-refractivity contribution in [2.45, 2.75) is 19.9 Å². The van der Waals surface area contributed by atoms with Crippen LogP contribution in [0.15, 0.2) is 46.3 Å². The van der Waals surface area contributed by atoms with Gasteiger partial charge >= 0.3 is 0 Å². The molecule has 1 aromatic carbocycles. The molecule has 0 unspecified atom stereocenters. The molecule has 134 valence electrons. The van der Waals surface area contributed by atoms with Gasteiger partial charge in [0.05, 0.1) is 5.69 Å². The fraction of sp³-hybridized carbons (Fsp3) is 0.389. The molecule has 0 radical (unpaired) electrons. The number of sulfonamides is 1. The monoisotopic (exact) mass is 361 g/mol. The first-order valence-corrected chi connectivity index (χ1v) is 9.91. The maximum Gasteiger partial charge on any atom is 0.236 e. The smallest absolute Gasteiger partial charge is 0.236 e. The van der Waals surface area contributed by atoms with Crippen molar-refractivity contribution in [3.8, 4) is 0 Å². The first-order chi connectivity index (χ1) is 12.0. The molecule has 0 bridgehead atoms. The molecule has 2 heterocycles. The van der Waals surface area contributed by atoms with Crippen LogP contribution in [0.1, 0.15) is 23.4 Å². The number of nitrogens with zero attached hydrogens (tertiary/aromatic N) is 3. The van der Waals surface area contributed by atoms with Gasteiger partial charge in [-0.25, -0.2) is 8.42 Å². The second-order valence-corrected chi connectivity index (χ2v) is 8.03. The number of hydrogen-bond donors (Lipinski definition) is 0. The van der Waals surface area contributed by atoms with Crippen molar-refractivity contribution < 1.29 is 12.9 Å². The lowest BCUT2D eigenvalue weighted by Crippen LogP contribution is -2.33. The molecule has 1 aromatic heterocycles. The van der Waals surface area contributed by atoms with E-state index in [0.717, 1.165) is 30.0 Å². The Morgan fingerprint density at radius 3 is 2.68 bits per heavy atom. The molecule has 3 rings (SSSR count). The van der Waals surface area contributed by atoms with Crippen molar-refractivity contribution in [1.82, 2.24) is 14.4 Å². The van der Waals surface area contributed by atoms with Gasteiger partial charge in [0.15, 0.2) is 0 Å². The second-order valence-electron chi connectivity index (χ2n) is 6.22. The summed E-state index contributed by atoms with van der Waals surface area (Å²) in [6.45, 7) is 5.11. The van der Waals surface area contributed by atoms with E-state index in [1.54, 1.807) is 10.4 Å². The molecule has 1 aliphatic heterocycles. The molecule has 1 fully saturated rings. The Labute approximate surface area is 148 Å². The molecule has 0 aliphatic carbocycles. The lowest BCUT2D eigenvalue weighted by Gasteiger charge is -2.19. The zero-order valence-corrected chi connectivity index (χ0v) is 15.2. The SMILES string of the molecule is Cc1cc(CN2CCCN(S(=O)(=O)/C=C/c3ccccc3)CC2)no1. The fourth-order valence-electron chi connectivity index (χ4n) is 2.90. The number of hydrogen-bond acceptors (Lipinski definition) is 5. The van der Waals surface area contributed by atoms with Crippen LogP contribution in [-0.4, -0.2) is 49.0 Å². The van der Waals surface area contributed by atoms with Crippen LogP contribution in [0.3, 0.4) is 0 Å². The van der Waals surface area contributed by atoms with Gasteiger partial charge in [-0.15, -0.1) is 0 Å². The van der Waals surface area contributed by atoms with Crippen molar-refractivity contribution in [1.29, 1.82) is 0 Å². The molecule has 0 atom stereocenters. The number of rotatable bonds is 5. The van der Waals surface area contributed by atoms with E-state index in [9.17, 15) is 8.42 Å². The largest absolute Gasteiger partial charge is 0.361 e. The van der Waals surface area contributed by atoms with Gasteiger partial charge < -0.3 is 4.52 Å². The topological polar surface area (TPSA) is 66.7 Å². The number of benzene rings is 1. The maximum atomic E-state index is 12.6. The molecule has 1 saturated heterocycles. The zero-order valence-electron chi connectivity index (χ0n) is 14.3. The van der Waals surface area contributed by atoms with Crippen molar-refractivity contribution in [2.75, 3.05) is 26.2 Å². The molecule has 0 spiro atoms. The van der Waals surface area contributed by atoms with Crippen LogP contribution in [0.4, 0.5) is 0 Å². The molecule has 25 heavy (non-hydrogen) atoms. The van der Waals surface area contributed by atoms with E-state index in [-0.39, 0.29) is 0 Å². The number of aryl methyl sites for hydroxylation is 1. The molecule has 0 amide bonds. The standard InChI is InChI=1S/C18H23N3O3S/c1-16-14-18(19-24-16)15-20-9-5-10-21(12-11-20)25(22,23)13-8-17-6-3-2-4-7-17/h2-4,6-8,13-14H,5,9-12,15H2,1H3/b13-8+. The molecular formula is C18H23N3O3S. The third-order valence-electron chi connectivity index (χ3n) is 4.20. The molecule has 2 aromatic rings. The summed E-state index contributed by atoms with van der Waals surface area (Å²) in [4.78, 5) is 2.22. The normalized spacial score (nSPS) is 17.8. The van der Waals surface area contributed by atoms with Crippen LogP contribution in [0.25, 0.3) is 6.08 Å². The van der Waals surface area contributed by atoms with E-state index in [4.69, 9.17) is 4.52 Å². The lowest BCUT2D eigenvalue weighted by molar-refractivity contribution is 0.268. The summed E-state index contributed by atoms with van der Waals surface area (Å²) in [5, 5.41) is 5.32. The van der Waals surface area contributed by atoms with E-state index < -0.39 is 10.0 Å². The van der Waals surface area contributed by atoms with Crippen molar-refractivity contribution in [3.63, 3.8) is 0 Å². The summed E-state index contributed by atoms with van der Waals surface area (Å²) in [5.74, 6) is 0.792. The first kappa shape index (κ1) is 17.8. The van der Waals surface area contributed by atoms with E-state index >= 15 is 0 Å². The van der Waals surface area contributed by atoms with Gasteiger partial charge in [-0.3, -0.25) is 4.90 Å². The fourth-order valence-corrected chi connectivity index (χ4v) is 4.12. The molecule has 0 saturated carbocycles. The zero-order chi connectivity index (χ0) is 17.7. The minimum absolute atomic E-state index is 0.484. The highest BCUT2D eigenvalue weighted by molar-refractivity contribution is 7.92. The minimum atomic E-state index is -3.41. The lowest BCUT2D eigenvalue weighted by atomic mass is 10.2. The highest BCUT2D eigenvalue weighted by Crippen LogP contribution is 2.14. The predicted octanol–water partition coefficient (Wildman–Crippen LogP) is 2.49. The second kappa shape index (κ2) is 7.95. The maximum absolute atomic E-state index is 12.6.